The zero-order valence-electron chi connectivity index (χ0n) is 15.4. The summed E-state index contributed by atoms with van der Waals surface area (Å²) >= 11 is 5.32. The fourth-order valence-electron chi connectivity index (χ4n) is 2.42. The van der Waals surface area contributed by atoms with Gasteiger partial charge < -0.3 is 20.1 Å². The van der Waals surface area contributed by atoms with Gasteiger partial charge >= 0.3 is 0 Å². The van der Waals surface area contributed by atoms with Crippen LogP contribution in [-0.4, -0.2) is 57.3 Å². The third-order valence-electron chi connectivity index (χ3n) is 3.79. The third kappa shape index (κ3) is 9.77. The Bertz CT molecular complexity index is 528. The van der Waals surface area contributed by atoms with Crippen molar-refractivity contribution in [1.29, 1.82) is 0 Å². The molecule has 2 atom stereocenters. The summed E-state index contributed by atoms with van der Waals surface area (Å²) in [5.41, 5.74) is 0. The van der Waals surface area contributed by atoms with Crippen LogP contribution in [0.15, 0.2) is 38.6 Å². The second-order valence-corrected chi connectivity index (χ2v) is 8.40. The van der Waals surface area contributed by atoms with Gasteiger partial charge in [-0.15, -0.1) is 35.7 Å². The van der Waals surface area contributed by atoms with Crippen LogP contribution in [-0.2, 0) is 9.47 Å². The molecule has 0 aliphatic carbocycles. The van der Waals surface area contributed by atoms with Gasteiger partial charge in [-0.1, -0.05) is 22.9 Å². The number of thioether (sulfide) groups is 1. The van der Waals surface area contributed by atoms with E-state index >= 15 is 0 Å². The molecule has 2 unspecified atom stereocenters. The van der Waals surface area contributed by atoms with Crippen molar-refractivity contribution in [3.63, 3.8) is 0 Å². The number of nitrogens with one attached hydrogen (secondary N) is 2. The monoisotopic (exact) mass is 557 g/mol. The quantitative estimate of drug-likeness (QED) is 0.158. The van der Waals surface area contributed by atoms with E-state index in [4.69, 9.17) is 9.47 Å². The molecule has 0 aromatic heterocycles. The predicted molar refractivity (Wildman–Crippen MR) is 124 cm³/mol. The number of ether oxygens (including phenoxy) is 2. The Morgan fingerprint density at radius 3 is 2.81 bits per heavy atom. The lowest BCUT2D eigenvalue weighted by atomic mass is 10.3. The van der Waals surface area contributed by atoms with E-state index in [-0.39, 0.29) is 30.1 Å². The van der Waals surface area contributed by atoms with Crippen LogP contribution in [0.3, 0.4) is 0 Å². The molecule has 1 aromatic rings. The van der Waals surface area contributed by atoms with Crippen molar-refractivity contribution in [1.82, 2.24) is 10.6 Å². The topological polar surface area (TPSA) is 54.9 Å². The molecule has 148 valence electrons. The molecule has 1 aliphatic heterocycles. The molecule has 1 heterocycles. The van der Waals surface area contributed by atoms with Crippen LogP contribution >= 0.6 is 51.7 Å². The predicted octanol–water partition coefficient (Wildman–Crippen LogP) is 3.91. The highest BCUT2D eigenvalue weighted by Crippen LogP contribution is 2.24. The van der Waals surface area contributed by atoms with Crippen LogP contribution in [0.5, 0.6) is 0 Å². The number of nitrogens with zero attached hydrogens (tertiary/aromatic N) is 1. The smallest absolute Gasteiger partial charge is 0.191 e. The molecule has 1 fully saturated rings. The maximum atomic E-state index is 5.76. The Labute approximate surface area is 186 Å². The molecule has 2 N–H and O–H groups in total. The first kappa shape index (κ1) is 24.0. The van der Waals surface area contributed by atoms with Gasteiger partial charge in [0.05, 0.1) is 12.7 Å². The van der Waals surface area contributed by atoms with E-state index in [1.807, 2.05) is 11.8 Å². The van der Waals surface area contributed by atoms with Gasteiger partial charge in [0.25, 0.3) is 0 Å². The van der Waals surface area contributed by atoms with E-state index in [1.165, 1.54) is 4.90 Å². The number of hydrogen-bond donors (Lipinski definition) is 2. The number of hydrogen-bond acceptors (Lipinski definition) is 4. The number of guanidine groups is 1. The first-order valence-electron chi connectivity index (χ1n) is 8.73. The molecule has 2 rings (SSSR count). The van der Waals surface area contributed by atoms with Gasteiger partial charge in [-0.25, -0.2) is 0 Å². The van der Waals surface area contributed by atoms with Crippen LogP contribution in [0, 0.1) is 0 Å². The van der Waals surface area contributed by atoms with Crippen molar-refractivity contribution in [3.8, 4) is 0 Å². The molecular formula is C18H29BrIN3O2S. The lowest BCUT2D eigenvalue weighted by Gasteiger charge is -2.16. The minimum absolute atomic E-state index is 0. The Morgan fingerprint density at radius 2 is 2.15 bits per heavy atom. The van der Waals surface area contributed by atoms with E-state index < -0.39 is 0 Å². The highest BCUT2D eigenvalue weighted by atomic mass is 127. The number of halogens is 2. The van der Waals surface area contributed by atoms with Crippen LogP contribution in [0.2, 0.25) is 0 Å². The van der Waals surface area contributed by atoms with Crippen molar-refractivity contribution in [2.75, 3.05) is 40.0 Å². The minimum atomic E-state index is 0. The summed E-state index contributed by atoms with van der Waals surface area (Å²) < 4.78 is 12.2. The summed E-state index contributed by atoms with van der Waals surface area (Å²) in [6, 6.07) is 8.41. The SMILES string of the molecule is CN=C(NCCCOC1CCOC1)NCC(C)Sc1ccc(Br)cc1.I. The summed E-state index contributed by atoms with van der Waals surface area (Å²) in [6.45, 7) is 6.25. The molecule has 1 saturated heterocycles. The molecule has 0 radical (unpaired) electrons. The maximum absolute atomic E-state index is 5.76. The molecule has 0 spiro atoms. The average Bonchev–Trinajstić information content (AvgIpc) is 3.13. The Kier molecular flexibility index (Phi) is 13.0. The molecular weight excluding hydrogens is 529 g/mol. The van der Waals surface area contributed by atoms with Gasteiger partial charge in [0, 0.05) is 48.0 Å². The number of aliphatic imine (C=N–C) groups is 1. The van der Waals surface area contributed by atoms with Crippen LogP contribution < -0.4 is 10.6 Å². The second-order valence-electron chi connectivity index (χ2n) is 5.97. The lowest BCUT2D eigenvalue weighted by molar-refractivity contribution is 0.0420. The summed E-state index contributed by atoms with van der Waals surface area (Å²) in [5, 5.41) is 7.16. The zero-order valence-corrected chi connectivity index (χ0v) is 20.1. The molecule has 0 bridgehead atoms. The van der Waals surface area contributed by atoms with Crippen molar-refractivity contribution in [3.05, 3.63) is 28.7 Å². The maximum Gasteiger partial charge on any atom is 0.191 e. The molecule has 1 aliphatic rings. The first-order valence-corrected chi connectivity index (χ1v) is 10.4. The van der Waals surface area contributed by atoms with E-state index in [0.717, 1.165) is 56.2 Å². The van der Waals surface area contributed by atoms with Crippen molar-refractivity contribution in [2.24, 2.45) is 4.99 Å². The van der Waals surface area contributed by atoms with Crippen LogP contribution in [0.25, 0.3) is 0 Å². The average molecular weight is 558 g/mol. The lowest BCUT2D eigenvalue weighted by Crippen LogP contribution is -2.40. The minimum Gasteiger partial charge on any atom is -0.379 e. The van der Waals surface area contributed by atoms with Gasteiger partial charge in [0.2, 0.25) is 0 Å². The zero-order chi connectivity index (χ0) is 17.9. The van der Waals surface area contributed by atoms with Gasteiger partial charge in [-0.3, -0.25) is 4.99 Å². The van der Waals surface area contributed by atoms with E-state index in [0.29, 0.717) is 5.25 Å². The molecule has 8 heteroatoms. The van der Waals surface area contributed by atoms with Crippen molar-refractivity contribution >= 4 is 57.6 Å². The molecule has 5 nitrogen and oxygen atoms in total. The normalized spacial score (nSPS) is 18.3. The fraction of sp³-hybridized carbons (Fsp3) is 0.611. The highest BCUT2D eigenvalue weighted by Gasteiger charge is 2.15. The molecule has 1 aromatic carbocycles. The molecule has 0 saturated carbocycles. The van der Waals surface area contributed by atoms with E-state index in [9.17, 15) is 0 Å². The van der Waals surface area contributed by atoms with Gasteiger partial charge in [0.15, 0.2) is 5.96 Å². The van der Waals surface area contributed by atoms with Gasteiger partial charge in [0.1, 0.15) is 0 Å². The third-order valence-corrected chi connectivity index (χ3v) is 5.43. The van der Waals surface area contributed by atoms with E-state index in [1.54, 1.807) is 7.05 Å². The first-order chi connectivity index (χ1) is 12.2. The Hall–Kier alpha value is -0.0300. The fourth-order valence-corrected chi connectivity index (χ4v) is 3.61. The highest BCUT2D eigenvalue weighted by molar-refractivity contribution is 14.0. The molecule has 0 amide bonds. The van der Waals surface area contributed by atoms with Gasteiger partial charge in [-0.05, 0) is 37.1 Å². The van der Waals surface area contributed by atoms with Crippen molar-refractivity contribution in [2.45, 2.75) is 36.0 Å². The van der Waals surface area contributed by atoms with Crippen molar-refractivity contribution < 1.29 is 9.47 Å². The second kappa shape index (κ2) is 14.0. The Balaban J connectivity index is 0.00000338. The van der Waals surface area contributed by atoms with Crippen LogP contribution in [0.4, 0.5) is 0 Å². The van der Waals surface area contributed by atoms with E-state index in [2.05, 4.69) is 62.7 Å². The van der Waals surface area contributed by atoms with Crippen LogP contribution in [0.1, 0.15) is 19.8 Å². The molecule has 26 heavy (non-hydrogen) atoms. The number of rotatable bonds is 9. The number of benzene rings is 1. The summed E-state index contributed by atoms with van der Waals surface area (Å²) in [5.74, 6) is 0.840. The standard InChI is InChI=1S/C18H28BrN3O2S.HI/c1-14(25-17-6-4-15(19)5-7-17)12-22-18(20-2)21-9-3-10-24-16-8-11-23-13-16;/h4-7,14,16H,3,8-13H2,1-2H3,(H2,20,21,22);1H. The summed E-state index contributed by atoms with van der Waals surface area (Å²) in [7, 11) is 1.80. The summed E-state index contributed by atoms with van der Waals surface area (Å²) in [6.07, 6.45) is 2.26. The largest absolute Gasteiger partial charge is 0.379 e. The summed E-state index contributed by atoms with van der Waals surface area (Å²) in [4.78, 5) is 5.54. The van der Waals surface area contributed by atoms with Gasteiger partial charge in [-0.2, -0.15) is 0 Å². The Morgan fingerprint density at radius 1 is 1.38 bits per heavy atom.